The summed E-state index contributed by atoms with van der Waals surface area (Å²) in [6.45, 7) is 1.72. The number of aromatic hydroxyl groups is 1. The van der Waals surface area contributed by atoms with Crippen LogP contribution in [0.25, 0.3) is 10.9 Å². The normalized spacial score (nSPS) is 14.0. The third kappa shape index (κ3) is 9.05. The fraction of sp³-hybridized carbons (Fsp3) is 0.379. The number of hydrogen-bond donors (Lipinski definition) is 8. The van der Waals surface area contributed by atoms with E-state index in [-0.39, 0.29) is 25.0 Å². The van der Waals surface area contributed by atoms with Crippen molar-refractivity contribution >= 4 is 34.6 Å². The highest BCUT2D eigenvalue weighted by Crippen LogP contribution is 2.19. The van der Waals surface area contributed by atoms with E-state index in [4.69, 9.17) is 11.5 Å². The summed E-state index contributed by atoms with van der Waals surface area (Å²) in [6.07, 6.45) is 3.40. The minimum absolute atomic E-state index is 0.0880. The van der Waals surface area contributed by atoms with E-state index in [2.05, 4.69) is 20.9 Å². The number of phenolic OH excluding ortho intramolecular Hbond substituents is 1. The molecule has 0 saturated heterocycles. The minimum atomic E-state index is -1.21. The number of unbranched alkanes of at least 4 members (excludes halogenated alkanes) is 1. The van der Waals surface area contributed by atoms with E-state index >= 15 is 0 Å². The van der Waals surface area contributed by atoms with Crippen LogP contribution in [-0.4, -0.2) is 69.6 Å². The van der Waals surface area contributed by atoms with Gasteiger partial charge in [0.2, 0.25) is 17.7 Å². The molecule has 0 radical (unpaired) electrons. The first-order chi connectivity index (χ1) is 19.6. The number of aromatic amines is 1. The monoisotopic (exact) mass is 566 g/mol. The number of benzene rings is 2. The van der Waals surface area contributed by atoms with Gasteiger partial charge in [-0.05, 0) is 68.5 Å². The van der Waals surface area contributed by atoms with Gasteiger partial charge >= 0.3 is 5.97 Å². The van der Waals surface area contributed by atoms with Crippen molar-refractivity contribution < 1.29 is 29.4 Å². The van der Waals surface area contributed by atoms with Crippen molar-refractivity contribution in [3.63, 3.8) is 0 Å². The van der Waals surface area contributed by atoms with Crippen LogP contribution in [0.5, 0.6) is 5.75 Å². The largest absolute Gasteiger partial charge is 0.508 e. The first-order valence-electron chi connectivity index (χ1n) is 13.5. The first kappa shape index (κ1) is 31.1. The molecule has 2 aromatic carbocycles. The summed E-state index contributed by atoms with van der Waals surface area (Å²) in [5, 5.41) is 27.4. The van der Waals surface area contributed by atoms with Gasteiger partial charge in [0, 0.05) is 23.5 Å². The molecule has 0 fully saturated rings. The van der Waals surface area contributed by atoms with Crippen LogP contribution in [0.15, 0.2) is 54.7 Å². The lowest BCUT2D eigenvalue weighted by atomic mass is 10.0. The number of carbonyl (C=O) groups excluding carboxylic acids is 3. The highest BCUT2D eigenvalue weighted by Gasteiger charge is 2.30. The molecule has 1 heterocycles. The summed E-state index contributed by atoms with van der Waals surface area (Å²) >= 11 is 0. The lowest BCUT2D eigenvalue weighted by Crippen LogP contribution is -2.57. The van der Waals surface area contributed by atoms with Gasteiger partial charge in [-0.1, -0.05) is 30.3 Å². The average molecular weight is 567 g/mol. The number of hydrogen-bond acceptors (Lipinski definition) is 7. The Bertz CT molecular complexity index is 1340. The van der Waals surface area contributed by atoms with Crippen LogP contribution in [-0.2, 0) is 32.0 Å². The topological polar surface area (TPSA) is 213 Å². The maximum Gasteiger partial charge on any atom is 0.325 e. The van der Waals surface area contributed by atoms with Gasteiger partial charge in [0.25, 0.3) is 0 Å². The molecule has 10 N–H and O–H groups in total. The highest BCUT2D eigenvalue weighted by molar-refractivity contribution is 5.94. The third-order valence-corrected chi connectivity index (χ3v) is 6.77. The number of para-hydroxylation sites is 1. The van der Waals surface area contributed by atoms with Crippen LogP contribution >= 0.6 is 0 Å². The molecule has 0 aliphatic heterocycles. The zero-order valence-corrected chi connectivity index (χ0v) is 22.9. The predicted molar refractivity (Wildman–Crippen MR) is 154 cm³/mol. The Labute approximate surface area is 237 Å². The van der Waals surface area contributed by atoms with Crippen LogP contribution in [0.4, 0.5) is 0 Å². The molecule has 0 spiro atoms. The van der Waals surface area contributed by atoms with E-state index < -0.39 is 47.9 Å². The number of aromatic nitrogens is 1. The summed E-state index contributed by atoms with van der Waals surface area (Å²) in [7, 11) is 0. The number of nitrogens with one attached hydrogen (secondary N) is 4. The van der Waals surface area contributed by atoms with E-state index in [9.17, 15) is 29.4 Å². The van der Waals surface area contributed by atoms with Crippen LogP contribution in [0.3, 0.4) is 0 Å². The Balaban J connectivity index is 1.81. The summed E-state index contributed by atoms with van der Waals surface area (Å²) in [4.78, 5) is 54.1. The Morgan fingerprint density at radius 3 is 2.22 bits per heavy atom. The van der Waals surface area contributed by atoms with Crippen molar-refractivity contribution in [2.24, 2.45) is 11.5 Å². The summed E-state index contributed by atoms with van der Waals surface area (Å²) in [5.41, 5.74) is 14.1. The molecule has 3 rings (SSSR count). The van der Waals surface area contributed by atoms with Crippen molar-refractivity contribution in [1.82, 2.24) is 20.9 Å². The Hall–Kier alpha value is -4.42. The second kappa shape index (κ2) is 14.8. The molecule has 12 heteroatoms. The summed E-state index contributed by atoms with van der Waals surface area (Å²) in [5.74, 6) is -2.95. The molecule has 12 nitrogen and oxygen atoms in total. The molecule has 3 amide bonds. The zero-order valence-electron chi connectivity index (χ0n) is 22.9. The molecule has 0 aliphatic rings. The van der Waals surface area contributed by atoms with Crippen molar-refractivity contribution in [3.05, 3.63) is 65.9 Å². The number of carboxylic acids is 1. The Morgan fingerprint density at radius 2 is 1.54 bits per heavy atom. The summed E-state index contributed by atoms with van der Waals surface area (Å²) < 4.78 is 0. The molecule has 0 aliphatic carbocycles. The SMILES string of the molecule is CC(NC(=O)C(CCCCN)NC(=O)C(Cc1c[nH]c2ccccc12)NC(=O)C(N)Cc1ccc(O)cc1)C(=O)O. The van der Waals surface area contributed by atoms with E-state index in [1.165, 1.54) is 19.1 Å². The molecular formula is C29H38N6O6. The van der Waals surface area contributed by atoms with E-state index in [1.54, 1.807) is 18.3 Å². The van der Waals surface area contributed by atoms with Gasteiger partial charge in [0.05, 0.1) is 6.04 Å². The highest BCUT2D eigenvalue weighted by atomic mass is 16.4. The molecular weight excluding hydrogens is 528 g/mol. The van der Waals surface area contributed by atoms with Gasteiger partial charge in [0.1, 0.15) is 23.9 Å². The number of nitrogens with two attached hydrogens (primary N) is 2. The fourth-order valence-corrected chi connectivity index (χ4v) is 4.40. The minimum Gasteiger partial charge on any atom is -0.508 e. The van der Waals surface area contributed by atoms with E-state index in [0.717, 1.165) is 22.0 Å². The second-order valence-corrected chi connectivity index (χ2v) is 10.0. The lowest BCUT2D eigenvalue weighted by molar-refractivity contribution is -0.141. The van der Waals surface area contributed by atoms with Gasteiger partial charge in [0.15, 0.2) is 0 Å². The van der Waals surface area contributed by atoms with Crippen molar-refractivity contribution in [2.75, 3.05) is 6.54 Å². The van der Waals surface area contributed by atoms with Crippen molar-refractivity contribution in [1.29, 1.82) is 0 Å². The van der Waals surface area contributed by atoms with Gasteiger partial charge in [-0.3, -0.25) is 19.2 Å². The molecule has 0 saturated carbocycles. The van der Waals surface area contributed by atoms with Gasteiger partial charge in [-0.15, -0.1) is 0 Å². The number of carboxylic acid groups (broad SMARTS) is 1. The lowest BCUT2D eigenvalue weighted by Gasteiger charge is -2.25. The van der Waals surface area contributed by atoms with E-state index in [1.807, 2.05) is 24.3 Å². The standard InChI is InChI=1S/C29H38N6O6/c1-17(29(40)41)33-27(38)24(8-4-5-13-30)34-28(39)25(15-19-16-32-23-7-3-2-6-21(19)23)35-26(37)22(31)14-18-9-11-20(36)12-10-18/h2-3,6-7,9-12,16-17,22,24-25,32,36H,4-5,8,13-15,30-31H2,1H3,(H,33,38)(H,34,39)(H,35,37)(H,40,41). The Morgan fingerprint density at radius 1 is 0.878 bits per heavy atom. The molecule has 4 atom stereocenters. The number of H-pyrrole nitrogens is 1. The van der Waals surface area contributed by atoms with Crippen LogP contribution in [0.2, 0.25) is 0 Å². The van der Waals surface area contributed by atoms with Crippen molar-refractivity contribution in [2.45, 2.75) is 63.2 Å². The third-order valence-electron chi connectivity index (χ3n) is 6.77. The Kier molecular flexibility index (Phi) is 11.2. The molecule has 1 aromatic heterocycles. The number of amides is 3. The maximum atomic E-state index is 13.6. The van der Waals surface area contributed by atoms with Crippen molar-refractivity contribution in [3.8, 4) is 5.75 Å². The quantitative estimate of drug-likeness (QED) is 0.122. The molecule has 41 heavy (non-hydrogen) atoms. The number of rotatable bonds is 15. The smallest absolute Gasteiger partial charge is 0.325 e. The predicted octanol–water partition coefficient (Wildman–Crippen LogP) is 0.674. The zero-order chi connectivity index (χ0) is 29.9. The molecule has 4 unspecified atom stereocenters. The fourth-order valence-electron chi connectivity index (χ4n) is 4.40. The van der Waals surface area contributed by atoms with Crippen LogP contribution in [0, 0.1) is 0 Å². The van der Waals surface area contributed by atoms with Gasteiger partial charge < -0.3 is 42.6 Å². The first-order valence-corrected chi connectivity index (χ1v) is 13.5. The van der Waals surface area contributed by atoms with Gasteiger partial charge in [-0.2, -0.15) is 0 Å². The molecule has 3 aromatic rings. The van der Waals surface area contributed by atoms with Crippen LogP contribution in [0.1, 0.15) is 37.3 Å². The van der Waals surface area contributed by atoms with Gasteiger partial charge in [-0.25, -0.2) is 0 Å². The molecule has 0 bridgehead atoms. The summed E-state index contributed by atoms with van der Waals surface area (Å²) in [6, 6.07) is 9.55. The number of aliphatic carboxylic acids is 1. The number of phenols is 1. The number of fused-ring (bicyclic) bond motifs is 1. The van der Waals surface area contributed by atoms with Crippen LogP contribution < -0.4 is 27.4 Å². The maximum absolute atomic E-state index is 13.6. The molecule has 220 valence electrons. The second-order valence-electron chi connectivity index (χ2n) is 10.0. The average Bonchev–Trinajstić information content (AvgIpc) is 3.35. The van der Waals surface area contributed by atoms with E-state index in [0.29, 0.717) is 19.4 Å². The number of carbonyl (C=O) groups is 4.